The molecule has 0 saturated carbocycles. The van der Waals surface area contributed by atoms with Crippen LogP contribution in [0.1, 0.15) is 34.5 Å². The van der Waals surface area contributed by atoms with E-state index in [0.29, 0.717) is 17.7 Å². The molecule has 8 nitrogen and oxygen atoms in total. The van der Waals surface area contributed by atoms with Gasteiger partial charge >= 0.3 is 11.9 Å². The zero-order valence-corrected chi connectivity index (χ0v) is 19.1. The summed E-state index contributed by atoms with van der Waals surface area (Å²) < 4.78 is 6.48. The molecule has 0 radical (unpaired) electrons. The number of methoxy groups -OCH3 is 1. The van der Waals surface area contributed by atoms with E-state index in [0.717, 1.165) is 28.1 Å². The molecule has 1 aliphatic carbocycles. The predicted octanol–water partition coefficient (Wildman–Crippen LogP) is 4.85. The fraction of sp³-hybridized carbons (Fsp3) is 0.111. The molecule has 1 aliphatic rings. The number of hydrazone groups is 1. The van der Waals surface area contributed by atoms with Gasteiger partial charge in [0, 0.05) is 17.3 Å². The van der Waals surface area contributed by atoms with Crippen molar-refractivity contribution in [2.75, 3.05) is 12.5 Å². The number of aliphatic carboxylic acids is 1. The second kappa shape index (κ2) is 10.9. The van der Waals surface area contributed by atoms with Crippen molar-refractivity contribution in [1.29, 1.82) is 0 Å². The SMILES string of the molecule is COC(=O)c1ccc(-n2cc(/C=N/Nc3ccccc3)c(C3=CC=C(CC(=O)O)CC=C3)n2)cc1. The Bertz CT molecular complexity index is 1330. The van der Waals surface area contributed by atoms with Crippen molar-refractivity contribution < 1.29 is 19.4 Å². The molecule has 0 atom stereocenters. The predicted molar refractivity (Wildman–Crippen MR) is 135 cm³/mol. The minimum Gasteiger partial charge on any atom is -0.481 e. The van der Waals surface area contributed by atoms with Gasteiger partial charge in [-0.2, -0.15) is 10.2 Å². The first kappa shape index (κ1) is 23.4. The van der Waals surface area contributed by atoms with Gasteiger partial charge in [-0.25, -0.2) is 9.48 Å². The van der Waals surface area contributed by atoms with Crippen molar-refractivity contribution in [3.05, 3.63) is 107 Å². The van der Waals surface area contributed by atoms with E-state index in [1.54, 1.807) is 35.2 Å². The number of allylic oxidation sites excluding steroid dienone is 5. The zero-order chi connectivity index (χ0) is 24.6. The normalized spacial score (nSPS) is 13.2. The van der Waals surface area contributed by atoms with E-state index in [2.05, 4.69) is 10.5 Å². The van der Waals surface area contributed by atoms with Crippen LogP contribution in [0.25, 0.3) is 11.3 Å². The third-order valence-electron chi connectivity index (χ3n) is 5.29. The highest BCUT2D eigenvalue weighted by Gasteiger charge is 2.14. The number of rotatable bonds is 8. The van der Waals surface area contributed by atoms with Gasteiger partial charge in [0.05, 0.1) is 36.7 Å². The van der Waals surface area contributed by atoms with Crippen LogP contribution in [-0.2, 0) is 9.53 Å². The second-order valence-electron chi connectivity index (χ2n) is 7.78. The fourth-order valence-electron chi connectivity index (χ4n) is 3.55. The third kappa shape index (κ3) is 6.00. The number of hydrogen-bond donors (Lipinski definition) is 2. The maximum Gasteiger partial charge on any atom is 0.337 e. The molecule has 176 valence electrons. The highest BCUT2D eigenvalue weighted by molar-refractivity contribution is 5.91. The summed E-state index contributed by atoms with van der Waals surface area (Å²) in [5.41, 5.74) is 8.15. The highest BCUT2D eigenvalue weighted by Crippen LogP contribution is 2.24. The average molecular weight is 469 g/mol. The number of carboxylic acids is 1. The Morgan fingerprint density at radius 1 is 1.14 bits per heavy atom. The molecular formula is C27H24N4O4. The van der Waals surface area contributed by atoms with Gasteiger partial charge in [0.25, 0.3) is 0 Å². The van der Waals surface area contributed by atoms with Crippen molar-refractivity contribution in [2.45, 2.75) is 12.8 Å². The number of benzene rings is 2. The third-order valence-corrected chi connectivity index (χ3v) is 5.29. The van der Waals surface area contributed by atoms with Gasteiger partial charge in [-0.05, 0) is 42.8 Å². The van der Waals surface area contributed by atoms with Gasteiger partial charge in [-0.1, -0.05) is 48.1 Å². The summed E-state index contributed by atoms with van der Waals surface area (Å²) in [6.45, 7) is 0. The number of para-hydroxylation sites is 1. The number of aromatic nitrogens is 2. The Morgan fingerprint density at radius 3 is 2.63 bits per heavy atom. The minimum atomic E-state index is -0.860. The molecule has 4 rings (SSSR count). The molecule has 0 amide bonds. The van der Waals surface area contributed by atoms with Crippen molar-refractivity contribution in [3.63, 3.8) is 0 Å². The number of anilines is 1. The fourth-order valence-corrected chi connectivity index (χ4v) is 3.55. The molecule has 0 aliphatic heterocycles. The number of ether oxygens (including phenoxy) is 1. The first-order valence-electron chi connectivity index (χ1n) is 10.9. The zero-order valence-electron chi connectivity index (χ0n) is 19.1. The molecule has 0 unspecified atom stereocenters. The monoisotopic (exact) mass is 468 g/mol. The van der Waals surface area contributed by atoms with Crippen molar-refractivity contribution in [2.24, 2.45) is 5.10 Å². The Hall–Kier alpha value is -4.72. The van der Waals surface area contributed by atoms with Crippen LogP contribution in [0.15, 0.2) is 95.8 Å². The van der Waals surface area contributed by atoms with Gasteiger partial charge in [-0.15, -0.1) is 0 Å². The molecule has 8 heteroatoms. The van der Waals surface area contributed by atoms with E-state index in [1.165, 1.54) is 7.11 Å². The van der Waals surface area contributed by atoms with Gasteiger partial charge < -0.3 is 9.84 Å². The highest BCUT2D eigenvalue weighted by atomic mass is 16.5. The van der Waals surface area contributed by atoms with E-state index < -0.39 is 11.9 Å². The number of carboxylic acid groups (broad SMARTS) is 1. The van der Waals surface area contributed by atoms with Crippen LogP contribution in [0.5, 0.6) is 0 Å². The number of hydrogen-bond acceptors (Lipinski definition) is 6. The summed E-state index contributed by atoms with van der Waals surface area (Å²) in [5, 5.41) is 18.3. The molecule has 2 N–H and O–H groups in total. The Balaban J connectivity index is 1.69. The van der Waals surface area contributed by atoms with Crippen LogP contribution in [0.4, 0.5) is 5.69 Å². The molecule has 1 aromatic heterocycles. The summed E-state index contributed by atoms with van der Waals surface area (Å²) in [6.07, 6.45) is 11.6. The van der Waals surface area contributed by atoms with Gasteiger partial charge in [0.15, 0.2) is 0 Å². The van der Waals surface area contributed by atoms with Crippen LogP contribution in [0.3, 0.4) is 0 Å². The molecule has 0 fully saturated rings. The number of nitrogens with one attached hydrogen (secondary N) is 1. The van der Waals surface area contributed by atoms with Gasteiger partial charge in [0.2, 0.25) is 0 Å². The summed E-state index contributed by atoms with van der Waals surface area (Å²) in [7, 11) is 1.34. The van der Waals surface area contributed by atoms with Gasteiger partial charge in [0.1, 0.15) is 5.69 Å². The lowest BCUT2D eigenvalue weighted by Crippen LogP contribution is -2.02. The molecule has 0 saturated heterocycles. The summed E-state index contributed by atoms with van der Waals surface area (Å²) in [5.74, 6) is -1.27. The van der Waals surface area contributed by atoms with E-state index in [-0.39, 0.29) is 6.42 Å². The van der Waals surface area contributed by atoms with E-state index in [1.807, 2.05) is 60.8 Å². The van der Waals surface area contributed by atoms with Crippen LogP contribution in [0.2, 0.25) is 0 Å². The lowest BCUT2D eigenvalue weighted by Gasteiger charge is -2.03. The van der Waals surface area contributed by atoms with Crippen LogP contribution < -0.4 is 5.43 Å². The van der Waals surface area contributed by atoms with E-state index in [4.69, 9.17) is 14.9 Å². The van der Waals surface area contributed by atoms with Crippen LogP contribution in [0, 0.1) is 0 Å². The molecule has 3 aromatic rings. The largest absolute Gasteiger partial charge is 0.481 e. The average Bonchev–Trinajstić information content (AvgIpc) is 3.16. The smallest absolute Gasteiger partial charge is 0.337 e. The van der Waals surface area contributed by atoms with Crippen LogP contribution in [-0.4, -0.2) is 40.2 Å². The molecular weight excluding hydrogens is 444 g/mol. The quantitative estimate of drug-likeness (QED) is 0.278. The Labute approximate surface area is 202 Å². The lowest BCUT2D eigenvalue weighted by molar-refractivity contribution is -0.136. The summed E-state index contributed by atoms with van der Waals surface area (Å²) in [6, 6.07) is 16.5. The standard InChI is InChI=1S/C27H24N4O4/c1-35-27(34)21-12-14-24(15-13-21)31-18-22(17-28-29-23-8-3-2-4-9-23)26(30-31)20-7-5-6-19(10-11-20)16-25(32)33/h2-5,7-15,17-18,29H,6,16H2,1H3,(H,32,33)/b28-17+. The minimum absolute atomic E-state index is 0.00951. The maximum absolute atomic E-state index is 11.8. The number of carbonyl (C=O) groups is 2. The topological polar surface area (TPSA) is 106 Å². The number of esters is 1. The summed E-state index contributed by atoms with van der Waals surface area (Å²) >= 11 is 0. The molecule has 2 aromatic carbocycles. The maximum atomic E-state index is 11.8. The van der Waals surface area contributed by atoms with E-state index in [9.17, 15) is 9.59 Å². The summed E-state index contributed by atoms with van der Waals surface area (Å²) in [4.78, 5) is 22.9. The second-order valence-corrected chi connectivity index (χ2v) is 7.78. The molecule has 0 spiro atoms. The van der Waals surface area contributed by atoms with Gasteiger partial charge in [-0.3, -0.25) is 10.2 Å². The molecule has 1 heterocycles. The number of nitrogens with zero attached hydrogens (tertiary/aromatic N) is 3. The Morgan fingerprint density at radius 2 is 1.91 bits per heavy atom. The van der Waals surface area contributed by atoms with E-state index >= 15 is 0 Å². The van der Waals surface area contributed by atoms with Crippen molar-refractivity contribution in [3.8, 4) is 5.69 Å². The first-order chi connectivity index (χ1) is 17.0. The molecule has 0 bridgehead atoms. The Kier molecular flexibility index (Phi) is 7.32. The number of carbonyl (C=O) groups excluding carboxylic acids is 1. The van der Waals surface area contributed by atoms with Crippen molar-refractivity contribution in [1.82, 2.24) is 9.78 Å². The molecule has 35 heavy (non-hydrogen) atoms. The van der Waals surface area contributed by atoms with Crippen molar-refractivity contribution >= 4 is 29.4 Å². The lowest BCUT2D eigenvalue weighted by atomic mass is 10.1. The first-order valence-corrected chi connectivity index (χ1v) is 10.9. The van der Waals surface area contributed by atoms with Crippen LogP contribution >= 0.6 is 0 Å².